The molecule has 4 aromatic carbocycles. The van der Waals surface area contributed by atoms with Crippen molar-refractivity contribution in [3.8, 4) is 5.69 Å². The molecule has 0 unspecified atom stereocenters. The molecular weight excluding hydrogens is 530 g/mol. The monoisotopic (exact) mass is 551 g/mol. The number of hydrogen-bond acceptors (Lipinski definition) is 5. The van der Waals surface area contributed by atoms with Crippen molar-refractivity contribution in [3.63, 3.8) is 0 Å². The molecule has 0 radical (unpaired) electrons. The zero-order valence-electron chi connectivity index (χ0n) is 20.6. The van der Waals surface area contributed by atoms with Gasteiger partial charge in [-0.3, -0.25) is 19.0 Å². The number of halogens is 1. The summed E-state index contributed by atoms with van der Waals surface area (Å²) in [6.07, 6.45) is 3.11. The Balaban J connectivity index is 1.32. The topological polar surface area (TPSA) is 81.1 Å². The number of thioether (sulfide) groups is 1. The molecule has 0 bridgehead atoms. The van der Waals surface area contributed by atoms with E-state index in [1.165, 1.54) is 22.4 Å². The molecule has 5 rings (SSSR count). The lowest BCUT2D eigenvalue weighted by molar-refractivity contribution is -0.113. The van der Waals surface area contributed by atoms with Crippen molar-refractivity contribution in [2.75, 3.05) is 11.1 Å². The molecule has 0 aliphatic carbocycles. The first-order valence-corrected chi connectivity index (χ1v) is 13.4. The summed E-state index contributed by atoms with van der Waals surface area (Å²) in [7, 11) is 0. The van der Waals surface area contributed by atoms with Gasteiger partial charge < -0.3 is 5.32 Å². The Morgan fingerprint density at radius 2 is 1.64 bits per heavy atom. The van der Waals surface area contributed by atoms with Gasteiger partial charge >= 0.3 is 0 Å². The highest BCUT2D eigenvalue weighted by Gasteiger charge is 2.15. The van der Waals surface area contributed by atoms with Crippen LogP contribution in [-0.4, -0.2) is 27.0 Å². The van der Waals surface area contributed by atoms with Crippen molar-refractivity contribution in [3.05, 3.63) is 136 Å². The van der Waals surface area contributed by atoms with Crippen LogP contribution < -0.4 is 10.9 Å². The highest BCUT2D eigenvalue weighted by molar-refractivity contribution is 7.99. The highest BCUT2D eigenvalue weighted by atomic mass is 35.5. The number of para-hydroxylation sites is 2. The first-order valence-electron chi connectivity index (χ1n) is 12.1. The third-order valence-electron chi connectivity index (χ3n) is 5.84. The number of ketones is 1. The molecule has 0 saturated heterocycles. The summed E-state index contributed by atoms with van der Waals surface area (Å²) in [5.74, 6) is -0.492. The van der Waals surface area contributed by atoms with Crippen molar-refractivity contribution in [1.29, 1.82) is 0 Å². The summed E-state index contributed by atoms with van der Waals surface area (Å²) in [5, 5.41) is 4.29. The molecule has 0 aliphatic heterocycles. The lowest BCUT2D eigenvalue weighted by Gasteiger charge is -2.13. The van der Waals surface area contributed by atoms with E-state index in [0.29, 0.717) is 38.0 Å². The SMILES string of the molecule is O=C(CSc1nc2ccccc2c(=O)n1-c1ccccc1)Nc1cccc(C(=O)/C=C/c2ccccc2Cl)c1. The lowest BCUT2D eigenvalue weighted by atomic mass is 10.1. The number of allylic oxidation sites excluding steroid dienone is 1. The number of hydrogen-bond donors (Lipinski definition) is 1. The quantitative estimate of drug-likeness (QED) is 0.101. The number of fused-ring (bicyclic) bond motifs is 1. The van der Waals surface area contributed by atoms with Gasteiger partial charge in [-0.2, -0.15) is 0 Å². The van der Waals surface area contributed by atoms with E-state index in [1.54, 1.807) is 54.6 Å². The van der Waals surface area contributed by atoms with Gasteiger partial charge in [0.05, 0.1) is 22.3 Å². The second-order valence-electron chi connectivity index (χ2n) is 8.52. The van der Waals surface area contributed by atoms with E-state index in [9.17, 15) is 14.4 Å². The first-order chi connectivity index (χ1) is 19.0. The summed E-state index contributed by atoms with van der Waals surface area (Å²) in [6, 6.07) is 30.3. The van der Waals surface area contributed by atoms with Crippen LogP contribution in [0.4, 0.5) is 5.69 Å². The Kier molecular flexibility index (Phi) is 8.01. The van der Waals surface area contributed by atoms with Gasteiger partial charge in [-0.15, -0.1) is 0 Å². The molecule has 1 heterocycles. The number of aromatic nitrogens is 2. The molecule has 1 N–H and O–H groups in total. The van der Waals surface area contributed by atoms with Gasteiger partial charge in [0.2, 0.25) is 5.91 Å². The third-order valence-corrected chi connectivity index (χ3v) is 7.12. The van der Waals surface area contributed by atoms with Crippen LogP contribution in [0.5, 0.6) is 0 Å². The number of amides is 1. The number of benzene rings is 4. The van der Waals surface area contributed by atoms with Crippen molar-refractivity contribution >= 4 is 57.7 Å². The highest BCUT2D eigenvalue weighted by Crippen LogP contribution is 2.22. The fourth-order valence-corrected chi connectivity index (χ4v) is 4.97. The van der Waals surface area contributed by atoms with E-state index in [4.69, 9.17) is 11.6 Å². The number of rotatable bonds is 8. The zero-order chi connectivity index (χ0) is 27.2. The van der Waals surface area contributed by atoms with Crippen molar-refractivity contribution in [1.82, 2.24) is 9.55 Å². The summed E-state index contributed by atoms with van der Waals surface area (Å²) in [5.41, 5.74) is 2.69. The van der Waals surface area contributed by atoms with Crippen LogP contribution in [0.25, 0.3) is 22.7 Å². The maximum Gasteiger partial charge on any atom is 0.266 e. The second-order valence-corrected chi connectivity index (χ2v) is 9.87. The molecule has 0 atom stereocenters. The van der Waals surface area contributed by atoms with E-state index < -0.39 is 0 Å². The molecule has 1 aromatic heterocycles. The fraction of sp³-hybridized carbons (Fsp3) is 0.0323. The smallest absolute Gasteiger partial charge is 0.266 e. The minimum Gasteiger partial charge on any atom is -0.325 e. The number of carbonyl (C=O) groups is 2. The molecule has 6 nitrogen and oxygen atoms in total. The van der Waals surface area contributed by atoms with Crippen molar-refractivity contribution in [2.45, 2.75) is 5.16 Å². The molecule has 0 aliphatic rings. The lowest BCUT2D eigenvalue weighted by Crippen LogP contribution is -2.23. The summed E-state index contributed by atoms with van der Waals surface area (Å²) in [4.78, 5) is 43.5. The maximum absolute atomic E-state index is 13.3. The van der Waals surface area contributed by atoms with Crippen LogP contribution in [0.3, 0.4) is 0 Å². The summed E-state index contributed by atoms with van der Waals surface area (Å²) < 4.78 is 1.52. The molecule has 39 heavy (non-hydrogen) atoms. The molecule has 8 heteroatoms. The molecule has 0 saturated carbocycles. The Labute approximate surface area is 234 Å². The molecular formula is C31H22ClN3O3S. The number of anilines is 1. The average Bonchev–Trinajstić information content (AvgIpc) is 2.96. The van der Waals surface area contributed by atoms with Gasteiger partial charge in [-0.05, 0) is 60.2 Å². The second kappa shape index (κ2) is 11.9. The van der Waals surface area contributed by atoms with Gasteiger partial charge in [0.15, 0.2) is 10.9 Å². The third kappa shape index (κ3) is 6.17. The molecule has 5 aromatic rings. The van der Waals surface area contributed by atoms with Crippen LogP contribution >= 0.6 is 23.4 Å². The first kappa shape index (κ1) is 26.2. The zero-order valence-corrected chi connectivity index (χ0v) is 22.2. The van der Waals surface area contributed by atoms with Gasteiger partial charge in [0.25, 0.3) is 5.56 Å². The van der Waals surface area contributed by atoms with Crippen LogP contribution in [0, 0.1) is 0 Å². The predicted octanol–water partition coefficient (Wildman–Crippen LogP) is 6.67. The number of nitrogens with zero attached hydrogens (tertiary/aromatic N) is 2. The van der Waals surface area contributed by atoms with Crippen molar-refractivity contribution < 1.29 is 9.59 Å². The largest absolute Gasteiger partial charge is 0.325 e. The van der Waals surface area contributed by atoms with E-state index >= 15 is 0 Å². The van der Waals surface area contributed by atoms with E-state index in [0.717, 1.165) is 5.56 Å². The minimum absolute atomic E-state index is 0.0161. The predicted molar refractivity (Wildman–Crippen MR) is 158 cm³/mol. The Hall–Kier alpha value is -4.46. The maximum atomic E-state index is 13.3. The van der Waals surface area contributed by atoms with Gasteiger partial charge in [-0.1, -0.05) is 84.0 Å². The van der Waals surface area contributed by atoms with Gasteiger partial charge in [-0.25, -0.2) is 4.98 Å². The molecule has 0 spiro atoms. The normalized spacial score (nSPS) is 11.1. The molecule has 0 fully saturated rings. The van der Waals surface area contributed by atoms with E-state index in [1.807, 2.05) is 54.6 Å². The number of carbonyl (C=O) groups excluding carboxylic acids is 2. The van der Waals surface area contributed by atoms with Crippen LogP contribution in [0.2, 0.25) is 5.02 Å². The minimum atomic E-state index is -0.293. The summed E-state index contributed by atoms with van der Waals surface area (Å²) >= 11 is 7.32. The standard InChI is InChI=1S/C31H22ClN3O3S/c32-26-15-6-4-9-21(26)17-18-28(36)22-10-8-11-23(19-22)33-29(37)20-39-31-34-27-16-7-5-14-25(27)30(38)35(31)24-12-2-1-3-13-24/h1-19H,20H2,(H,33,37)/b18-17+. The van der Waals surface area contributed by atoms with E-state index in [2.05, 4.69) is 10.3 Å². The Morgan fingerprint density at radius 1 is 0.897 bits per heavy atom. The molecule has 192 valence electrons. The van der Waals surface area contributed by atoms with E-state index in [-0.39, 0.29) is 23.0 Å². The van der Waals surface area contributed by atoms with Crippen LogP contribution in [0.15, 0.2) is 119 Å². The Morgan fingerprint density at radius 3 is 2.46 bits per heavy atom. The average molecular weight is 552 g/mol. The summed E-state index contributed by atoms with van der Waals surface area (Å²) in [6.45, 7) is 0. The Bertz CT molecular complexity index is 1770. The fourth-order valence-electron chi connectivity index (χ4n) is 3.96. The van der Waals surface area contributed by atoms with Crippen molar-refractivity contribution in [2.24, 2.45) is 0 Å². The van der Waals surface area contributed by atoms with Crippen LogP contribution in [-0.2, 0) is 4.79 Å². The molecule has 1 amide bonds. The van der Waals surface area contributed by atoms with Gasteiger partial charge in [0, 0.05) is 16.3 Å². The van der Waals surface area contributed by atoms with Crippen LogP contribution in [0.1, 0.15) is 15.9 Å². The number of nitrogens with one attached hydrogen (secondary N) is 1. The van der Waals surface area contributed by atoms with Gasteiger partial charge in [0.1, 0.15) is 0 Å².